The molecule has 1 fully saturated rings. The number of likely N-dealkylation sites (tertiary alicyclic amines) is 1. The Labute approximate surface area is 122 Å². The van der Waals surface area contributed by atoms with Crippen molar-refractivity contribution in [2.45, 2.75) is 58.5 Å². The number of nitrogens with zero attached hydrogens (tertiary/aromatic N) is 1. The zero-order valence-corrected chi connectivity index (χ0v) is 13.1. The van der Waals surface area contributed by atoms with Crippen LogP contribution in [0, 0.1) is 5.92 Å². The Hall–Kier alpha value is -1.10. The third-order valence-electron chi connectivity index (χ3n) is 4.02. The van der Waals surface area contributed by atoms with Crippen molar-refractivity contribution < 1.29 is 14.3 Å². The summed E-state index contributed by atoms with van der Waals surface area (Å²) in [6.45, 7) is 7.53. The summed E-state index contributed by atoms with van der Waals surface area (Å²) in [5.74, 6) is -0.213. The van der Waals surface area contributed by atoms with Gasteiger partial charge < -0.3 is 10.1 Å². The molecule has 3 atom stereocenters. The van der Waals surface area contributed by atoms with Crippen LogP contribution in [0.25, 0.3) is 0 Å². The highest BCUT2D eigenvalue weighted by molar-refractivity contribution is 5.81. The number of ether oxygens (including phenoxy) is 1. The van der Waals surface area contributed by atoms with Crippen LogP contribution in [-0.2, 0) is 14.3 Å². The average Bonchev–Trinajstić information content (AvgIpc) is 2.45. The van der Waals surface area contributed by atoms with Crippen LogP contribution in [0.2, 0.25) is 0 Å². The molecule has 0 radical (unpaired) electrons. The molecule has 1 aliphatic heterocycles. The number of hydrogen-bond donors (Lipinski definition) is 1. The van der Waals surface area contributed by atoms with E-state index in [9.17, 15) is 9.59 Å². The molecule has 1 saturated heterocycles. The first kappa shape index (κ1) is 17.0. The summed E-state index contributed by atoms with van der Waals surface area (Å²) in [5, 5.41) is 3.04. The molecule has 0 aromatic rings. The fraction of sp³-hybridized carbons (Fsp3) is 0.867. The van der Waals surface area contributed by atoms with Crippen LogP contribution in [0.15, 0.2) is 0 Å². The minimum atomic E-state index is -0.193. The van der Waals surface area contributed by atoms with Crippen LogP contribution in [-0.4, -0.2) is 49.1 Å². The summed E-state index contributed by atoms with van der Waals surface area (Å²) in [4.78, 5) is 25.9. The molecule has 20 heavy (non-hydrogen) atoms. The summed E-state index contributed by atoms with van der Waals surface area (Å²) in [6.07, 6.45) is 3.83. The maximum Gasteiger partial charge on any atom is 0.309 e. The molecule has 0 saturated carbocycles. The van der Waals surface area contributed by atoms with Crippen molar-refractivity contribution >= 4 is 11.9 Å². The first-order chi connectivity index (χ1) is 9.49. The molecule has 5 heteroatoms. The first-order valence-electron chi connectivity index (χ1n) is 7.61. The zero-order chi connectivity index (χ0) is 15.1. The number of esters is 1. The smallest absolute Gasteiger partial charge is 0.309 e. The number of nitrogens with one attached hydrogen (secondary N) is 1. The summed E-state index contributed by atoms with van der Waals surface area (Å²) < 4.78 is 4.81. The van der Waals surface area contributed by atoms with Gasteiger partial charge in [-0.3, -0.25) is 14.5 Å². The van der Waals surface area contributed by atoms with E-state index in [-0.39, 0.29) is 29.9 Å². The van der Waals surface area contributed by atoms with Gasteiger partial charge in [0.25, 0.3) is 0 Å². The highest BCUT2D eigenvalue weighted by atomic mass is 16.5. The lowest BCUT2D eigenvalue weighted by Crippen LogP contribution is -2.51. The van der Waals surface area contributed by atoms with Crippen molar-refractivity contribution in [3.8, 4) is 0 Å². The van der Waals surface area contributed by atoms with E-state index in [2.05, 4.69) is 17.1 Å². The standard InChI is InChI=1S/C15H28N2O3/c1-5-7-11(2)16-14(18)12(3)17-9-6-8-13(10-17)15(19)20-4/h11-13H,5-10H2,1-4H3,(H,16,18)/t11?,12?,13-/m0/s1. The number of rotatable bonds is 6. The van der Waals surface area contributed by atoms with E-state index in [1.807, 2.05) is 13.8 Å². The third kappa shape index (κ3) is 4.78. The highest BCUT2D eigenvalue weighted by Crippen LogP contribution is 2.19. The maximum absolute atomic E-state index is 12.2. The third-order valence-corrected chi connectivity index (χ3v) is 4.02. The SMILES string of the molecule is CCCC(C)NC(=O)C(C)N1CCC[C@H](C(=O)OC)C1. The molecule has 116 valence electrons. The van der Waals surface area contributed by atoms with E-state index < -0.39 is 0 Å². The van der Waals surface area contributed by atoms with Crippen molar-refractivity contribution in [2.75, 3.05) is 20.2 Å². The van der Waals surface area contributed by atoms with E-state index in [0.717, 1.165) is 32.2 Å². The summed E-state index contributed by atoms with van der Waals surface area (Å²) in [7, 11) is 1.42. The minimum absolute atomic E-state index is 0.0523. The van der Waals surface area contributed by atoms with Gasteiger partial charge in [-0.1, -0.05) is 13.3 Å². The predicted molar refractivity (Wildman–Crippen MR) is 78.3 cm³/mol. The lowest BCUT2D eigenvalue weighted by molar-refractivity contribution is -0.148. The largest absolute Gasteiger partial charge is 0.469 e. The number of amides is 1. The Morgan fingerprint density at radius 3 is 2.70 bits per heavy atom. The number of carbonyl (C=O) groups excluding carboxylic acids is 2. The molecular formula is C15H28N2O3. The highest BCUT2D eigenvalue weighted by Gasteiger charge is 2.31. The number of methoxy groups -OCH3 is 1. The molecule has 1 N–H and O–H groups in total. The molecule has 1 rings (SSSR count). The van der Waals surface area contributed by atoms with Crippen molar-refractivity contribution in [1.29, 1.82) is 0 Å². The van der Waals surface area contributed by atoms with Crippen molar-refractivity contribution in [2.24, 2.45) is 5.92 Å². The molecule has 0 aliphatic carbocycles. The van der Waals surface area contributed by atoms with Gasteiger partial charge in [-0.25, -0.2) is 0 Å². The van der Waals surface area contributed by atoms with E-state index in [1.54, 1.807) is 0 Å². The van der Waals surface area contributed by atoms with Gasteiger partial charge in [-0.05, 0) is 39.7 Å². The summed E-state index contributed by atoms with van der Waals surface area (Å²) >= 11 is 0. The molecule has 0 bridgehead atoms. The van der Waals surface area contributed by atoms with Gasteiger partial charge in [0.05, 0.1) is 19.1 Å². The van der Waals surface area contributed by atoms with Gasteiger partial charge in [0.15, 0.2) is 0 Å². The molecule has 0 aromatic heterocycles. The van der Waals surface area contributed by atoms with E-state index >= 15 is 0 Å². The van der Waals surface area contributed by atoms with E-state index in [4.69, 9.17) is 4.74 Å². The Bertz CT molecular complexity index is 333. The van der Waals surface area contributed by atoms with Crippen LogP contribution in [0.1, 0.15) is 46.5 Å². The quantitative estimate of drug-likeness (QED) is 0.752. The van der Waals surface area contributed by atoms with Crippen LogP contribution in [0.4, 0.5) is 0 Å². The Morgan fingerprint density at radius 2 is 2.10 bits per heavy atom. The van der Waals surface area contributed by atoms with Gasteiger partial charge in [0, 0.05) is 12.6 Å². The van der Waals surface area contributed by atoms with E-state index in [0.29, 0.717) is 6.54 Å². The fourth-order valence-corrected chi connectivity index (χ4v) is 2.75. The van der Waals surface area contributed by atoms with Crippen LogP contribution in [0.5, 0.6) is 0 Å². The molecule has 5 nitrogen and oxygen atoms in total. The summed E-state index contributed by atoms with van der Waals surface area (Å²) in [6, 6.07) is 0.0120. The number of carbonyl (C=O) groups is 2. The van der Waals surface area contributed by atoms with Crippen molar-refractivity contribution in [3.05, 3.63) is 0 Å². The van der Waals surface area contributed by atoms with Crippen LogP contribution in [0.3, 0.4) is 0 Å². The Balaban J connectivity index is 2.51. The lowest BCUT2D eigenvalue weighted by atomic mass is 9.97. The second-order valence-corrected chi connectivity index (χ2v) is 5.73. The van der Waals surface area contributed by atoms with E-state index in [1.165, 1.54) is 7.11 Å². The zero-order valence-electron chi connectivity index (χ0n) is 13.1. The maximum atomic E-state index is 12.2. The Morgan fingerprint density at radius 1 is 1.40 bits per heavy atom. The number of hydrogen-bond acceptors (Lipinski definition) is 4. The monoisotopic (exact) mass is 284 g/mol. The van der Waals surface area contributed by atoms with Crippen LogP contribution < -0.4 is 5.32 Å². The molecule has 1 heterocycles. The van der Waals surface area contributed by atoms with Gasteiger partial charge in [0.2, 0.25) is 5.91 Å². The average molecular weight is 284 g/mol. The van der Waals surface area contributed by atoms with Crippen molar-refractivity contribution in [3.63, 3.8) is 0 Å². The number of piperidine rings is 1. The molecule has 0 spiro atoms. The molecule has 1 aliphatic rings. The second kappa shape index (κ2) is 8.25. The lowest BCUT2D eigenvalue weighted by Gasteiger charge is -2.35. The fourth-order valence-electron chi connectivity index (χ4n) is 2.75. The van der Waals surface area contributed by atoms with Gasteiger partial charge in [0.1, 0.15) is 0 Å². The molecular weight excluding hydrogens is 256 g/mol. The second-order valence-electron chi connectivity index (χ2n) is 5.73. The van der Waals surface area contributed by atoms with Gasteiger partial charge in [-0.15, -0.1) is 0 Å². The summed E-state index contributed by atoms with van der Waals surface area (Å²) in [5.41, 5.74) is 0. The molecule has 2 unspecified atom stereocenters. The van der Waals surface area contributed by atoms with Crippen molar-refractivity contribution in [1.82, 2.24) is 10.2 Å². The van der Waals surface area contributed by atoms with Gasteiger partial charge in [-0.2, -0.15) is 0 Å². The molecule has 1 amide bonds. The first-order valence-corrected chi connectivity index (χ1v) is 7.61. The normalized spacial score (nSPS) is 22.9. The van der Waals surface area contributed by atoms with Crippen LogP contribution >= 0.6 is 0 Å². The predicted octanol–water partition coefficient (Wildman–Crippen LogP) is 1.56. The molecule has 0 aromatic carbocycles. The Kier molecular flexibility index (Phi) is 6.99. The topological polar surface area (TPSA) is 58.6 Å². The van der Waals surface area contributed by atoms with Gasteiger partial charge >= 0.3 is 5.97 Å². The minimum Gasteiger partial charge on any atom is -0.469 e.